The third-order valence-corrected chi connectivity index (χ3v) is 3.37. The summed E-state index contributed by atoms with van der Waals surface area (Å²) in [5.74, 6) is 0.342. The van der Waals surface area contributed by atoms with E-state index in [1.807, 2.05) is 32.2 Å². The van der Waals surface area contributed by atoms with Crippen molar-refractivity contribution in [1.82, 2.24) is 4.98 Å². The van der Waals surface area contributed by atoms with E-state index >= 15 is 0 Å². The van der Waals surface area contributed by atoms with Gasteiger partial charge in [0.05, 0.1) is 11.9 Å². The van der Waals surface area contributed by atoms with E-state index in [9.17, 15) is 4.79 Å². The summed E-state index contributed by atoms with van der Waals surface area (Å²) in [4.78, 5) is 15.9. The summed E-state index contributed by atoms with van der Waals surface area (Å²) in [5, 5.41) is 2.93. The zero-order valence-electron chi connectivity index (χ0n) is 10.4. The number of nitrogens with zero attached hydrogens (tertiary/aromatic N) is 1. The second-order valence-corrected chi connectivity index (χ2v) is 4.55. The Morgan fingerprint density at radius 3 is 2.82 bits per heavy atom. The zero-order valence-corrected chi connectivity index (χ0v) is 10.4. The molecule has 90 valence electrons. The molecule has 1 aliphatic carbocycles. The normalized spacial score (nSPS) is 16.5. The van der Waals surface area contributed by atoms with Gasteiger partial charge in [-0.3, -0.25) is 9.78 Å². The van der Waals surface area contributed by atoms with Gasteiger partial charge in [0.2, 0.25) is 5.91 Å². The van der Waals surface area contributed by atoms with Crippen molar-refractivity contribution in [3.8, 4) is 0 Å². The summed E-state index contributed by atoms with van der Waals surface area (Å²) in [6, 6.07) is 1.97. The first-order valence-electron chi connectivity index (χ1n) is 6.10. The van der Waals surface area contributed by atoms with Gasteiger partial charge >= 0.3 is 0 Å². The van der Waals surface area contributed by atoms with E-state index in [1.54, 1.807) is 6.20 Å². The fourth-order valence-corrected chi connectivity index (χ4v) is 1.81. The highest BCUT2D eigenvalue weighted by atomic mass is 16.1. The van der Waals surface area contributed by atoms with Gasteiger partial charge in [0.25, 0.3) is 0 Å². The Hall–Kier alpha value is -1.64. The zero-order chi connectivity index (χ0) is 12.3. The van der Waals surface area contributed by atoms with E-state index in [1.165, 1.54) is 6.42 Å². The van der Waals surface area contributed by atoms with Crippen LogP contribution in [0.25, 0.3) is 5.57 Å². The minimum Gasteiger partial charge on any atom is -0.324 e. The van der Waals surface area contributed by atoms with Crippen molar-refractivity contribution in [3.05, 3.63) is 30.1 Å². The Labute approximate surface area is 102 Å². The molecule has 0 bridgehead atoms. The third-order valence-electron chi connectivity index (χ3n) is 3.37. The minimum absolute atomic E-state index is 0.133. The van der Waals surface area contributed by atoms with Crippen LogP contribution in [0.2, 0.25) is 0 Å². The van der Waals surface area contributed by atoms with Gasteiger partial charge < -0.3 is 5.32 Å². The predicted octanol–water partition coefficient (Wildman–Crippen LogP) is 3.24. The molecule has 1 aromatic heterocycles. The first kappa shape index (κ1) is 11.8. The highest BCUT2D eigenvalue weighted by Crippen LogP contribution is 2.27. The summed E-state index contributed by atoms with van der Waals surface area (Å²) in [7, 11) is 0. The number of rotatable bonds is 3. The van der Waals surface area contributed by atoms with E-state index in [0.29, 0.717) is 0 Å². The summed E-state index contributed by atoms with van der Waals surface area (Å²) in [6.07, 6.45) is 8.76. The van der Waals surface area contributed by atoms with Crippen molar-refractivity contribution in [2.45, 2.75) is 33.1 Å². The van der Waals surface area contributed by atoms with Crippen LogP contribution in [-0.4, -0.2) is 10.9 Å². The van der Waals surface area contributed by atoms with E-state index in [0.717, 1.165) is 29.7 Å². The number of carbonyl (C=O) groups is 1. The second-order valence-electron chi connectivity index (χ2n) is 4.55. The number of carbonyl (C=O) groups excluding carboxylic acids is 1. The van der Waals surface area contributed by atoms with Gasteiger partial charge in [-0.15, -0.1) is 0 Å². The van der Waals surface area contributed by atoms with Crippen LogP contribution in [0.4, 0.5) is 5.69 Å². The van der Waals surface area contributed by atoms with Gasteiger partial charge in [-0.1, -0.05) is 12.5 Å². The Kier molecular flexibility index (Phi) is 3.57. The summed E-state index contributed by atoms with van der Waals surface area (Å²) >= 11 is 0. The van der Waals surface area contributed by atoms with Gasteiger partial charge in [-0.2, -0.15) is 0 Å². The molecule has 0 aliphatic heterocycles. The summed E-state index contributed by atoms with van der Waals surface area (Å²) < 4.78 is 0. The molecule has 0 spiro atoms. The Morgan fingerprint density at radius 2 is 2.24 bits per heavy atom. The predicted molar refractivity (Wildman–Crippen MR) is 69.5 cm³/mol. The van der Waals surface area contributed by atoms with Crippen LogP contribution >= 0.6 is 0 Å². The van der Waals surface area contributed by atoms with Gasteiger partial charge in [-0.05, 0) is 43.9 Å². The highest BCUT2D eigenvalue weighted by molar-refractivity contribution is 5.93. The van der Waals surface area contributed by atoms with Gasteiger partial charge in [-0.25, -0.2) is 0 Å². The SMILES string of the molecule is CC=C(C)c1cncc(NC(=O)C2CCC2)c1. The van der Waals surface area contributed by atoms with Gasteiger partial charge in [0.1, 0.15) is 0 Å². The van der Waals surface area contributed by atoms with Crippen molar-refractivity contribution in [2.75, 3.05) is 5.32 Å². The summed E-state index contributed by atoms with van der Waals surface area (Å²) in [5.41, 5.74) is 3.01. The Balaban J connectivity index is 2.08. The molecule has 1 amide bonds. The maximum absolute atomic E-state index is 11.8. The van der Waals surface area contributed by atoms with E-state index in [-0.39, 0.29) is 11.8 Å². The van der Waals surface area contributed by atoms with Crippen molar-refractivity contribution in [2.24, 2.45) is 5.92 Å². The molecule has 0 aromatic carbocycles. The van der Waals surface area contributed by atoms with Crippen LogP contribution in [0.3, 0.4) is 0 Å². The number of allylic oxidation sites excluding steroid dienone is 2. The molecule has 1 fully saturated rings. The first-order valence-corrected chi connectivity index (χ1v) is 6.10. The summed E-state index contributed by atoms with van der Waals surface area (Å²) in [6.45, 7) is 4.03. The first-order chi connectivity index (χ1) is 8.20. The largest absolute Gasteiger partial charge is 0.324 e. The molecular weight excluding hydrogens is 212 g/mol. The molecule has 1 N–H and O–H groups in total. The average Bonchev–Trinajstić information content (AvgIpc) is 2.26. The standard InChI is InChI=1S/C14H18N2O/c1-3-10(2)12-7-13(9-15-8-12)16-14(17)11-5-4-6-11/h3,7-9,11H,4-6H2,1-2H3,(H,16,17). The lowest BCUT2D eigenvalue weighted by atomic mass is 9.85. The lowest BCUT2D eigenvalue weighted by Crippen LogP contribution is -2.28. The molecule has 0 atom stereocenters. The van der Waals surface area contributed by atoms with Crippen LogP contribution < -0.4 is 5.32 Å². The van der Waals surface area contributed by atoms with E-state index in [4.69, 9.17) is 0 Å². The lowest BCUT2D eigenvalue weighted by molar-refractivity contribution is -0.122. The number of hydrogen-bond donors (Lipinski definition) is 1. The molecule has 1 aromatic rings. The third kappa shape index (κ3) is 2.73. The van der Waals surface area contributed by atoms with Gasteiger partial charge in [0.15, 0.2) is 0 Å². The molecule has 1 heterocycles. The van der Waals surface area contributed by atoms with Crippen molar-refractivity contribution >= 4 is 17.2 Å². The van der Waals surface area contributed by atoms with Crippen LogP contribution in [0.5, 0.6) is 0 Å². The van der Waals surface area contributed by atoms with Gasteiger partial charge in [0, 0.05) is 12.1 Å². The number of hydrogen-bond acceptors (Lipinski definition) is 2. The van der Waals surface area contributed by atoms with Crippen LogP contribution in [-0.2, 0) is 4.79 Å². The number of aromatic nitrogens is 1. The van der Waals surface area contributed by atoms with Crippen molar-refractivity contribution < 1.29 is 4.79 Å². The van der Waals surface area contributed by atoms with Crippen molar-refractivity contribution in [1.29, 1.82) is 0 Å². The second kappa shape index (κ2) is 5.13. The molecule has 2 rings (SSSR count). The highest BCUT2D eigenvalue weighted by Gasteiger charge is 2.25. The van der Waals surface area contributed by atoms with Crippen molar-refractivity contribution in [3.63, 3.8) is 0 Å². The molecule has 0 radical (unpaired) electrons. The molecule has 3 heteroatoms. The molecule has 3 nitrogen and oxygen atoms in total. The van der Waals surface area contributed by atoms with Crippen LogP contribution in [0, 0.1) is 5.92 Å². The topological polar surface area (TPSA) is 42.0 Å². The fraction of sp³-hybridized carbons (Fsp3) is 0.429. The number of amides is 1. The number of nitrogens with one attached hydrogen (secondary N) is 1. The van der Waals surface area contributed by atoms with E-state index < -0.39 is 0 Å². The number of pyridine rings is 1. The Bertz CT molecular complexity index is 447. The molecule has 0 unspecified atom stereocenters. The maximum Gasteiger partial charge on any atom is 0.227 e. The average molecular weight is 230 g/mol. The molecule has 1 aliphatic rings. The smallest absolute Gasteiger partial charge is 0.227 e. The molecule has 17 heavy (non-hydrogen) atoms. The van der Waals surface area contributed by atoms with E-state index in [2.05, 4.69) is 10.3 Å². The monoisotopic (exact) mass is 230 g/mol. The molecule has 1 saturated carbocycles. The quantitative estimate of drug-likeness (QED) is 0.866. The lowest BCUT2D eigenvalue weighted by Gasteiger charge is -2.24. The van der Waals surface area contributed by atoms with Crippen LogP contribution in [0.1, 0.15) is 38.7 Å². The fourth-order valence-electron chi connectivity index (χ4n) is 1.81. The van der Waals surface area contributed by atoms with Crippen LogP contribution in [0.15, 0.2) is 24.5 Å². The maximum atomic E-state index is 11.8. The minimum atomic E-state index is 0.133. The molecular formula is C14H18N2O. The molecule has 0 saturated heterocycles. The number of anilines is 1. The Morgan fingerprint density at radius 1 is 1.47 bits per heavy atom.